The number of carbonyl (C=O) groups is 1. The minimum atomic E-state index is -0.115. The Morgan fingerprint density at radius 2 is 2.31 bits per heavy atom. The van der Waals surface area contributed by atoms with Gasteiger partial charge in [0.25, 0.3) is 5.91 Å². The number of hydrogen-bond donors (Lipinski definition) is 0. The van der Waals surface area contributed by atoms with Gasteiger partial charge < -0.3 is 0 Å². The number of amides is 1. The maximum Gasteiger partial charge on any atom is 0.287 e. The molecule has 0 aliphatic rings. The zero-order chi connectivity index (χ0) is 10.0. The van der Waals surface area contributed by atoms with Crippen LogP contribution in [-0.2, 0) is 4.84 Å². The highest BCUT2D eigenvalue weighted by molar-refractivity contribution is 9.10. The maximum atomic E-state index is 11.6. The molecular weight excluding hydrogens is 254 g/mol. The van der Waals surface area contributed by atoms with Crippen molar-refractivity contribution >= 4 is 33.2 Å². The van der Waals surface area contributed by atoms with Gasteiger partial charge in [-0.15, -0.1) is 11.3 Å². The van der Waals surface area contributed by atoms with Gasteiger partial charge in [-0.25, -0.2) is 5.06 Å². The van der Waals surface area contributed by atoms with Crippen molar-refractivity contribution in [3.8, 4) is 0 Å². The molecule has 0 unspecified atom stereocenters. The monoisotopic (exact) mass is 263 g/mol. The molecule has 5 heteroatoms. The van der Waals surface area contributed by atoms with Crippen LogP contribution in [0.3, 0.4) is 0 Å². The summed E-state index contributed by atoms with van der Waals surface area (Å²) in [5.41, 5.74) is 0.957. The lowest BCUT2D eigenvalue weighted by atomic mass is 10.3. The molecule has 0 radical (unpaired) electrons. The van der Waals surface area contributed by atoms with Crippen LogP contribution < -0.4 is 0 Å². The molecule has 72 valence electrons. The van der Waals surface area contributed by atoms with Crippen LogP contribution in [0.25, 0.3) is 0 Å². The van der Waals surface area contributed by atoms with Crippen molar-refractivity contribution in [2.75, 3.05) is 14.2 Å². The molecule has 0 bridgehead atoms. The van der Waals surface area contributed by atoms with Crippen molar-refractivity contribution in [1.29, 1.82) is 0 Å². The van der Waals surface area contributed by atoms with E-state index >= 15 is 0 Å². The molecule has 1 aromatic rings. The lowest BCUT2D eigenvalue weighted by Gasteiger charge is -2.12. The standard InChI is InChI=1S/C8H10BrNO2S/c1-5-6(9)4-13-7(5)8(11)10(2)12-3/h4H,1-3H3. The van der Waals surface area contributed by atoms with E-state index in [1.807, 2.05) is 12.3 Å². The minimum absolute atomic E-state index is 0.115. The summed E-state index contributed by atoms with van der Waals surface area (Å²) in [5.74, 6) is -0.115. The van der Waals surface area contributed by atoms with E-state index in [0.717, 1.165) is 10.0 Å². The van der Waals surface area contributed by atoms with Gasteiger partial charge in [0.1, 0.15) is 0 Å². The predicted molar refractivity (Wildman–Crippen MR) is 55.9 cm³/mol. The Bertz CT molecular complexity index is 324. The van der Waals surface area contributed by atoms with Crippen LogP contribution in [0.4, 0.5) is 0 Å². The molecule has 1 rings (SSSR count). The van der Waals surface area contributed by atoms with Crippen molar-refractivity contribution in [3.63, 3.8) is 0 Å². The third-order valence-corrected chi connectivity index (χ3v) is 3.93. The van der Waals surface area contributed by atoms with Crippen LogP contribution in [0, 0.1) is 6.92 Å². The molecule has 0 fully saturated rings. The van der Waals surface area contributed by atoms with Gasteiger partial charge in [0, 0.05) is 16.9 Å². The molecule has 0 aliphatic heterocycles. The quantitative estimate of drug-likeness (QED) is 0.768. The second-order valence-electron chi connectivity index (χ2n) is 2.52. The number of halogens is 1. The molecule has 0 saturated carbocycles. The lowest BCUT2D eigenvalue weighted by Crippen LogP contribution is -2.25. The summed E-state index contributed by atoms with van der Waals surface area (Å²) in [5, 5.41) is 3.11. The Hall–Kier alpha value is -0.390. The summed E-state index contributed by atoms with van der Waals surface area (Å²) in [6, 6.07) is 0. The normalized spacial score (nSPS) is 10.2. The summed E-state index contributed by atoms with van der Waals surface area (Å²) < 4.78 is 0.963. The first-order valence-corrected chi connectivity index (χ1v) is 5.31. The van der Waals surface area contributed by atoms with E-state index in [-0.39, 0.29) is 5.91 Å². The number of rotatable bonds is 2. The molecule has 0 spiro atoms. The van der Waals surface area contributed by atoms with Gasteiger partial charge in [0.2, 0.25) is 0 Å². The van der Waals surface area contributed by atoms with E-state index in [9.17, 15) is 4.79 Å². The smallest absolute Gasteiger partial charge is 0.274 e. The van der Waals surface area contributed by atoms with E-state index in [1.165, 1.54) is 23.5 Å². The first kappa shape index (κ1) is 10.7. The highest BCUT2D eigenvalue weighted by Crippen LogP contribution is 2.27. The number of thiophene rings is 1. The van der Waals surface area contributed by atoms with E-state index in [1.54, 1.807) is 7.05 Å². The van der Waals surface area contributed by atoms with Crippen LogP contribution in [0.1, 0.15) is 15.2 Å². The van der Waals surface area contributed by atoms with Crippen LogP contribution in [-0.4, -0.2) is 25.1 Å². The highest BCUT2D eigenvalue weighted by Gasteiger charge is 2.17. The minimum Gasteiger partial charge on any atom is -0.274 e. The van der Waals surface area contributed by atoms with E-state index in [0.29, 0.717) is 4.88 Å². The second kappa shape index (κ2) is 4.21. The van der Waals surface area contributed by atoms with E-state index in [4.69, 9.17) is 4.84 Å². The summed E-state index contributed by atoms with van der Waals surface area (Å²) in [4.78, 5) is 17.1. The summed E-state index contributed by atoms with van der Waals surface area (Å²) >= 11 is 4.76. The topological polar surface area (TPSA) is 29.5 Å². The first-order chi connectivity index (χ1) is 6.07. The Labute approximate surface area is 89.4 Å². The summed E-state index contributed by atoms with van der Waals surface area (Å²) in [7, 11) is 3.06. The van der Waals surface area contributed by atoms with Crippen molar-refractivity contribution in [3.05, 3.63) is 20.3 Å². The third-order valence-electron chi connectivity index (χ3n) is 1.73. The van der Waals surface area contributed by atoms with Crippen molar-refractivity contribution < 1.29 is 9.63 Å². The number of nitrogens with zero attached hydrogens (tertiary/aromatic N) is 1. The van der Waals surface area contributed by atoms with Gasteiger partial charge in [0.05, 0.1) is 12.0 Å². The fraction of sp³-hybridized carbons (Fsp3) is 0.375. The SMILES string of the molecule is CON(C)C(=O)c1scc(Br)c1C. The third kappa shape index (κ3) is 2.10. The average molecular weight is 264 g/mol. The van der Waals surface area contributed by atoms with Crippen molar-refractivity contribution in [2.24, 2.45) is 0 Å². The van der Waals surface area contributed by atoms with E-state index in [2.05, 4.69) is 15.9 Å². The molecule has 13 heavy (non-hydrogen) atoms. The summed E-state index contributed by atoms with van der Waals surface area (Å²) in [6.45, 7) is 1.90. The van der Waals surface area contributed by atoms with Gasteiger partial charge in [-0.05, 0) is 28.4 Å². The van der Waals surface area contributed by atoms with E-state index < -0.39 is 0 Å². The van der Waals surface area contributed by atoms with Gasteiger partial charge in [-0.1, -0.05) is 0 Å². The largest absolute Gasteiger partial charge is 0.287 e. The number of hydrogen-bond acceptors (Lipinski definition) is 3. The fourth-order valence-electron chi connectivity index (χ4n) is 0.833. The molecule has 0 aromatic carbocycles. The Balaban J connectivity index is 2.95. The molecule has 3 nitrogen and oxygen atoms in total. The zero-order valence-electron chi connectivity index (χ0n) is 7.63. The van der Waals surface area contributed by atoms with Crippen molar-refractivity contribution in [1.82, 2.24) is 5.06 Å². The van der Waals surface area contributed by atoms with Gasteiger partial charge in [-0.2, -0.15) is 0 Å². The predicted octanol–water partition coefficient (Wildman–Crippen LogP) is 2.45. The molecule has 1 amide bonds. The Morgan fingerprint density at radius 1 is 1.69 bits per heavy atom. The molecule has 1 heterocycles. The lowest BCUT2D eigenvalue weighted by molar-refractivity contribution is -0.0754. The Kier molecular flexibility index (Phi) is 3.47. The maximum absolute atomic E-state index is 11.6. The van der Waals surface area contributed by atoms with Gasteiger partial charge >= 0.3 is 0 Å². The van der Waals surface area contributed by atoms with Gasteiger partial charge in [0.15, 0.2) is 0 Å². The number of hydroxylamine groups is 2. The molecule has 1 aromatic heterocycles. The number of carbonyl (C=O) groups excluding carboxylic acids is 1. The van der Waals surface area contributed by atoms with Crippen LogP contribution in [0.15, 0.2) is 9.85 Å². The van der Waals surface area contributed by atoms with Crippen LogP contribution in [0.2, 0.25) is 0 Å². The molecule has 0 aliphatic carbocycles. The summed E-state index contributed by atoms with van der Waals surface area (Å²) in [6.07, 6.45) is 0. The zero-order valence-corrected chi connectivity index (χ0v) is 10.0. The Morgan fingerprint density at radius 3 is 2.69 bits per heavy atom. The van der Waals surface area contributed by atoms with Crippen LogP contribution >= 0.6 is 27.3 Å². The van der Waals surface area contributed by atoms with Crippen LogP contribution in [0.5, 0.6) is 0 Å². The molecule has 0 N–H and O–H groups in total. The first-order valence-electron chi connectivity index (χ1n) is 3.63. The fourth-order valence-corrected chi connectivity index (χ4v) is 2.36. The molecule has 0 saturated heterocycles. The molecular formula is C8H10BrNO2S. The van der Waals surface area contributed by atoms with Gasteiger partial charge in [-0.3, -0.25) is 9.63 Å². The molecule has 0 atom stereocenters. The second-order valence-corrected chi connectivity index (χ2v) is 4.26. The highest BCUT2D eigenvalue weighted by atomic mass is 79.9. The average Bonchev–Trinajstić information content (AvgIpc) is 2.45. The van der Waals surface area contributed by atoms with Crippen molar-refractivity contribution in [2.45, 2.75) is 6.92 Å².